The van der Waals surface area contributed by atoms with Crippen LogP contribution in [0.3, 0.4) is 0 Å². The van der Waals surface area contributed by atoms with Crippen LogP contribution in [0.25, 0.3) is 10.9 Å². The van der Waals surface area contributed by atoms with Gasteiger partial charge in [-0.2, -0.15) is 0 Å². The van der Waals surface area contributed by atoms with Crippen LogP contribution in [0.4, 0.5) is 18.9 Å². The van der Waals surface area contributed by atoms with Crippen molar-refractivity contribution in [1.82, 2.24) is 9.97 Å². The summed E-state index contributed by atoms with van der Waals surface area (Å²) in [5.74, 6) is -0.890. The van der Waals surface area contributed by atoms with E-state index in [4.69, 9.17) is 9.47 Å². The fourth-order valence-corrected chi connectivity index (χ4v) is 4.07. The zero-order valence-corrected chi connectivity index (χ0v) is 17.4. The van der Waals surface area contributed by atoms with Crippen LogP contribution < -0.4 is 5.32 Å². The molecule has 3 aromatic rings. The zero-order chi connectivity index (χ0) is 22.0. The van der Waals surface area contributed by atoms with Gasteiger partial charge in [-0.25, -0.2) is 13.2 Å². The van der Waals surface area contributed by atoms with Crippen molar-refractivity contribution in [2.75, 3.05) is 25.6 Å². The summed E-state index contributed by atoms with van der Waals surface area (Å²) >= 11 is 0. The number of hydrogen-bond acceptors (Lipinski definition) is 5. The standard InChI is InChI=1S/C23H24F3N3O2/c1-14(15-4-3-5-16(21(15)24)22(25)26)29-18-6-9-27-19-13-28-20(12-17(18)19)23(30-2)7-10-31-11-8-23/h3-6,9,12-14,22H,7-8,10-11H2,1-2H3,(H,27,29)/t14-/m1/s1. The van der Waals surface area contributed by atoms with Crippen molar-refractivity contribution in [3.63, 3.8) is 0 Å². The van der Waals surface area contributed by atoms with Crippen LogP contribution in [-0.4, -0.2) is 30.3 Å². The molecule has 0 spiro atoms. The lowest BCUT2D eigenvalue weighted by Crippen LogP contribution is -2.36. The van der Waals surface area contributed by atoms with E-state index in [2.05, 4.69) is 15.3 Å². The van der Waals surface area contributed by atoms with Crippen molar-refractivity contribution >= 4 is 16.6 Å². The first kappa shape index (κ1) is 21.5. The highest BCUT2D eigenvalue weighted by molar-refractivity contribution is 5.91. The number of nitrogens with one attached hydrogen (secondary N) is 1. The Morgan fingerprint density at radius 2 is 1.87 bits per heavy atom. The number of fused-ring (bicyclic) bond motifs is 1. The lowest BCUT2D eigenvalue weighted by molar-refractivity contribution is -0.0972. The van der Waals surface area contributed by atoms with Crippen LogP contribution >= 0.6 is 0 Å². The molecule has 5 nitrogen and oxygen atoms in total. The van der Waals surface area contributed by atoms with Crippen LogP contribution in [0, 0.1) is 5.82 Å². The Hall–Kier alpha value is -2.71. The molecule has 2 aromatic heterocycles. The van der Waals surface area contributed by atoms with Gasteiger partial charge in [0, 0.05) is 56.0 Å². The van der Waals surface area contributed by atoms with Gasteiger partial charge in [0.2, 0.25) is 0 Å². The molecule has 1 aliphatic heterocycles. The lowest BCUT2D eigenvalue weighted by atomic mass is 9.89. The van der Waals surface area contributed by atoms with E-state index in [1.165, 1.54) is 12.1 Å². The molecule has 31 heavy (non-hydrogen) atoms. The number of alkyl halides is 2. The molecule has 0 saturated carbocycles. The van der Waals surface area contributed by atoms with E-state index in [9.17, 15) is 13.2 Å². The van der Waals surface area contributed by atoms with Crippen LogP contribution in [0.1, 0.15) is 49.1 Å². The number of rotatable bonds is 6. The highest BCUT2D eigenvalue weighted by Crippen LogP contribution is 2.37. The molecule has 1 atom stereocenters. The molecule has 0 radical (unpaired) electrons. The van der Waals surface area contributed by atoms with Crippen LogP contribution in [0.5, 0.6) is 0 Å². The van der Waals surface area contributed by atoms with Crippen LogP contribution in [-0.2, 0) is 15.1 Å². The van der Waals surface area contributed by atoms with Crippen molar-refractivity contribution in [2.45, 2.75) is 37.8 Å². The van der Waals surface area contributed by atoms with Gasteiger partial charge in [0.05, 0.1) is 29.0 Å². The minimum absolute atomic E-state index is 0.176. The second kappa shape index (κ2) is 8.80. The number of methoxy groups -OCH3 is 1. The number of benzene rings is 1. The summed E-state index contributed by atoms with van der Waals surface area (Å²) in [6.45, 7) is 2.90. The second-order valence-corrected chi connectivity index (χ2v) is 7.67. The fourth-order valence-electron chi connectivity index (χ4n) is 4.07. The predicted molar refractivity (Wildman–Crippen MR) is 112 cm³/mol. The largest absolute Gasteiger partial charge is 0.381 e. The smallest absolute Gasteiger partial charge is 0.266 e. The zero-order valence-electron chi connectivity index (χ0n) is 17.4. The van der Waals surface area contributed by atoms with Crippen molar-refractivity contribution in [2.24, 2.45) is 0 Å². The Morgan fingerprint density at radius 1 is 1.13 bits per heavy atom. The summed E-state index contributed by atoms with van der Waals surface area (Å²) in [5.41, 5.74) is 1.19. The van der Waals surface area contributed by atoms with Crippen molar-refractivity contribution in [1.29, 1.82) is 0 Å². The van der Waals surface area contributed by atoms with Gasteiger partial charge in [0.25, 0.3) is 6.43 Å². The monoisotopic (exact) mass is 431 g/mol. The van der Waals surface area contributed by atoms with Gasteiger partial charge in [-0.3, -0.25) is 9.97 Å². The number of pyridine rings is 2. The fraction of sp³-hybridized carbons (Fsp3) is 0.391. The third-order valence-electron chi connectivity index (χ3n) is 5.92. The first-order valence-corrected chi connectivity index (χ1v) is 10.2. The Bertz CT molecular complexity index is 1070. The van der Waals surface area contributed by atoms with E-state index in [1.807, 2.05) is 6.07 Å². The summed E-state index contributed by atoms with van der Waals surface area (Å²) in [7, 11) is 1.67. The minimum atomic E-state index is -2.87. The quantitative estimate of drug-likeness (QED) is 0.556. The van der Waals surface area contributed by atoms with Gasteiger partial charge in [0.1, 0.15) is 11.4 Å². The highest BCUT2D eigenvalue weighted by atomic mass is 19.3. The van der Waals surface area contributed by atoms with Gasteiger partial charge >= 0.3 is 0 Å². The molecule has 1 N–H and O–H groups in total. The summed E-state index contributed by atoms with van der Waals surface area (Å²) in [4.78, 5) is 8.95. The Morgan fingerprint density at radius 3 is 2.58 bits per heavy atom. The molecule has 1 aliphatic rings. The Kier molecular flexibility index (Phi) is 6.11. The summed E-state index contributed by atoms with van der Waals surface area (Å²) in [5, 5.41) is 4.05. The molecule has 0 aliphatic carbocycles. The normalized spacial score (nSPS) is 17.1. The first-order chi connectivity index (χ1) is 14.9. The van der Waals surface area contributed by atoms with Crippen molar-refractivity contribution in [3.05, 3.63) is 65.4 Å². The summed E-state index contributed by atoms with van der Waals surface area (Å²) < 4.78 is 52.2. The van der Waals surface area contributed by atoms with Gasteiger partial charge in [-0.15, -0.1) is 0 Å². The van der Waals surface area contributed by atoms with E-state index >= 15 is 0 Å². The molecule has 0 amide bonds. The number of nitrogens with zero attached hydrogens (tertiary/aromatic N) is 2. The number of aromatic nitrogens is 2. The van der Waals surface area contributed by atoms with Crippen LogP contribution in [0.2, 0.25) is 0 Å². The number of ether oxygens (including phenoxy) is 2. The van der Waals surface area contributed by atoms with Crippen molar-refractivity contribution in [3.8, 4) is 0 Å². The first-order valence-electron chi connectivity index (χ1n) is 10.2. The third kappa shape index (κ3) is 4.09. The van der Waals surface area contributed by atoms with E-state index in [1.54, 1.807) is 32.5 Å². The molecular weight excluding hydrogens is 407 g/mol. The maximum Gasteiger partial charge on any atom is 0.266 e. The average Bonchev–Trinajstić information content (AvgIpc) is 2.79. The lowest BCUT2D eigenvalue weighted by Gasteiger charge is -2.35. The molecule has 1 saturated heterocycles. The molecule has 3 heterocycles. The van der Waals surface area contributed by atoms with E-state index in [-0.39, 0.29) is 5.56 Å². The Labute approximate surface area is 178 Å². The average molecular weight is 431 g/mol. The van der Waals surface area contributed by atoms with Gasteiger partial charge in [-0.05, 0) is 19.1 Å². The van der Waals surface area contributed by atoms with E-state index < -0.39 is 29.4 Å². The molecule has 4 rings (SSSR count). The second-order valence-electron chi connectivity index (χ2n) is 7.67. The van der Waals surface area contributed by atoms with Gasteiger partial charge < -0.3 is 14.8 Å². The summed E-state index contributed by atoms with van der Waals surface area (Å²) in [6, 6.07) is 7.23. The predicted octanol–water partition coefficient (Wildman–Crippen LogP) is 5.53. The minimum Gasteiger partial charge on any atom is -0.381 e. The van der Waals surface area contributed by atoms with E-state index in [0.717, 1.165) is 17.1 Å². The number of hydrogen-bond donors (Lipinski definition) is 1. The maximum atomic E-state index is 14.6. The highest BCUT2D eigenvalue weighted by Gasteiger charge is 2.36. The topological polar surface area (TPSA) is 56.3 Å². The summed E-state index contributed by atoms with van der Waals surface area (Å²) in [6.07, 6.45) is 1.83. The molecular formula is C23H24F3N3O2. The molecule has 0 unspecified atom stereocenters. The Balaban J connectivity index is 1.71. The third-order valence-corrected chi connectivity index (χ3v) is 5.92. The molecule has 1 fully saturated rings. The molecule has 164 valence electrons. The number of halogens is 3. The van der Waals surface area contributed by atoms with Crippen LogP contribution in [0.15, 0.2) is 42.7 Å². The SMILES string of the molecule is COC1(c2cc3c(N[C@H](C)c4cccc(C(F)F)c4F)ccnc3cn2)CCOCC1. The number of anilines is 1. The maximum absolute atomic E-state index is 14.6. The van der Waals surface area contributed by atoms with E-state index in [0.29, 0.717) is 37.3 Å². The van der Waals surface area contributed by atoms with Crippen molar-refractivity contribution < 1.29 is 22.6 Å². The molecule has 8 heteroatoms. The van der Waals surface area contributed by atoms with Gasteiger partial charge in [0.15, 0.2) is 0 Å². The van der Waals surface area contributed by atoms with Gasteiger partial charge in [-0.1, -0.05) is 18.2 Å². The molecule has 0 bridgehead atoms. The molecule has 1 aromatic carbocycles.